The molecule has 4 nitrogen and oxygen atoms in total. The number of ether oxygens (including phenoxy) is 3. The number of hydrogen-bond donors (Lipinski definition) is 1. The third kappa shape index (κ3) is 3.34. The number of phenolic OH excluding ortho intramolecular Hbond substituents is 1. The van der Waals surface area contributed by atoms with Gasteiger partial charge in [0.2, 0.25) is 0 Å². The van der Waals surface area contributed by atoms with Crippen LogP contribution < -0.4 is 14.2 Å². The highest BCUT2D eigenvalue weighted by Gasteiger charge is 2.18. The second-order valence-electron chi connectivity index (χ2n) is 6.07. The average molecular weight is 396 g/mol. The predicted molar refractivity (Wildman–Crippen MR) is 109 cm³/mol. The van der Waals surface area contributed by atoms with Gasteiger partial charge in [-0.05, 0) is 60.2 Å². The summed E-state index contributed by atoms with van der Waals surface area (Å²) in [6.45, 7) is 0. The van der Waals surface area contributed by atoms with Gasteiger partial charge in [0, 0.05) is 10.1 Å². The van der Waals surface area contributed by atoms with E-state index in [1.54, 1.807) is 43.5 Å². The highest BCUT2D eigenvalue weighted by atomic mass is 32.1. The van der Waals surface area contributed by atoms with Gasteiger partial charge in [-0.3, -0.25) is 0 Å². The molecular weight excluding hydrogens is 379 g/mol. The van der Waals surface area contributed by atoms with E-state index in [1.165, 1.54) is 24.5 Å². The van der Waals surface area contributed by atoms with Crippen LogP contribution in [0.1, 0.15) is 0 Å². The summed E-state index contributed by atoms with van der Waals surface area (Å²) in [5.41, 5.74) is 0.784. The van der Waals surface area contributed by atoms with E-state index in [-0.39, 0.29) is 11.5 Å². The van der Waals surface area contributed by atoms with E-state index in [9.17, 15) is 9.50 Å². The number of benzene rings is 3. The molecule has 0 atom stereocenters. The first-order valence-electron chi connectivity index (χ1n) is 8.50. The first kappa shape index (κ1) is 18.1. The first-order chi connectivity index (χ1) is 13.6. The van der Waals surface area contributed by atoms with E-state index in [4.69, 9.17) is 14.2 Å². The molecule has 0 aliphatic rings. The fourth-order valence-corrected chi connectivity index (χ4v) is 4.06. The van der Waals surface area contributed by atoms with E-state index in [0.29, 0.717) is 11.5 Å². The van der Waals surface area contributed by atoms with Crippen LogP contribution in [0.5, 0.6) is 28.7 Å². The van der Waals surface area contributed by atoms with E-state index < -0.39 is 5.82 Å². The quantitative estimate of drug-likeness (QED) is 0.435. The molecule has 0 bridgehead atoms. The number of aromatic hydroxyl groups is 1. The Kier molecular flexibility index (Phi) is 4.79. The molecular formula is C22H17FO4S. The van der Waals surface area contributed by atoms with E-state index >= 15 is 0 Å². The Balaban J connectivity index is 1.89. The van der Waals surface area contributed by atoms with Crippen molar-refractivity contribution in [3.8, 4) is 39.2 Å². The Hall–Kier alpha value is -3.25. The SMILES string of the molecule is COc1ccc2c(Oc3ccc(O)cc3)c(-c3ccc(F)c(OC)c3)sc2c1. The smallest absolute Gasteiger partial charge is 0.165 e. The molecule has 6 heteroatoms. The minimum Gasteiger partial charge on any atom is -0.508 e. The second kappa shape index (κ2) is 7.40. The lowest BCUT2D eigenvalue weighted by molar-refractivity contribution is 0.387. The third-order valence-corrected chi connectivity index (χ3v) is 5.50. The van der Waals surface area contributed by atoms with Crippen LogP contribution in [0.25, 0.3) is 20.5 Å². The summed E-state index contributed by atoms with van der Waals surface area (Å²) in [5, 5.41) is 10.4. The van der Waals surface area contributed by atoms with Crippen LogP contribution in [-0.4, -0.2) is 19.3 Å². The number of hydrogen-bond acceptors (Lipinski definition) is 5. The van der Waals surface area contributed by atoms with Crippen molar-refractivity contribution in [1.82, 2.24) is 0 Å². The van der Waals surface area contributed by atoms with Gasteiger partial charge in [-0.15, -0.1) is 11.3 Å². The zero-order valence-electron chi connectivity index (χ0n) is 15.2. The lowest BCUT2D eigenvalue weighted by Crippen LogP contribution is -1.89. The standard InChI is InChI=1S/C22H17FO4S/c1-25-16-8-9-17-20(12-16)28-22(13-3-10-18(23)19(11-13)26-2)21(17)27-15-6-4-14(24)5-7-15/h3-12,24H,1-2H3. The zero-order valence-corrected chi connectivity index (χ0v) is 16.0. The Morgan fingerprint density at radius 1 is 0.857 bits per heavy atom. The molecule has 0 amide bonds. The maximum atomic E-state index is 13.9. The highest BCUT2D eigenvalue weighted by Crippen LogP contribution is 2.47. The van der Waals surface area contributed by atoms with Gasteiger partial charge in [0.05, 0.1) is 19.1 Å². The van der Waals surface area contributed by atoms with Crippen molar-refractivity contribution < 1.29 is 23.7 Å². The van der Waals surface area contributed by atoms with E-state index in [0.717, 1.165) is 26.3 Å². The number of fused-ring (bicyclic) bond motifs is 1. The Morgan fingerprint density at radius 3 is 2.32 bits per heavy atom. The van der Waals surface area contributed by atoms with Crippen molar-refractivity contribution in [2.24, 2.45) is 0 Å². The summed E-state index contributed by atoms with van der Waals surface area (Å²) in [6.07, 6.45) is 0. The monoisotopic (exact) mass is 396 g/mol. The van der Waals surface area contributed by atoms with Crippen molar-refractivity contribution in [2.75, 3.05) is 14.2 Å². The molecule has 0 saturated carbocycles. The Morgan fingerprint density at radius 2 is 1.61 bits per heavy atom. The number of halogens is 1. The molecule has 3 aromatic carbocycles. The summed E-state index contributed by atoms with van der Waals surface area (Å²) >= 11 is 1.52. The molecule has 0 fully saturated rings. The van der Waals surface area contributed by atoms with Crippen LogP contribution in [-0.2, 0) is 0 Å². The van der Waals surface area contributed by atoms with Gasteiger partial charge < -0.3 is 19.3 Å². The molecule has 0 aliphatic heterocycles. The molecule has 0 aliphatic carbocycles. The maximum absolute atomic E-state index is 13.9. The molecule has 1 N–H and O–H groups in total. The summed E-state index contributed by atoms with van der Waals surface area (Å²) in [7, 11) is 3.06. The van der Waals surface area contributed by atoms with Crippen LogP contribution in [0.3, 0.4) is 0 Å². The molecule has 4 aromatic rings. The van der Waals surface area contributed by atoms with E-state index in [1.807, 2.05) is 18.2 Å². The molecule has 142 valence electrons. The molecule has 0 saturated heterocycles. The largest absolute Gasteiger partial charge is 0.508 e. The molecule has 0 radical (unpaired) electrons. The summed E-state index contributed by atoms with van der Waals surface area (Å²) in [5.74, 6) is 1.90. The van der Waals surface area contributed by atoms with E-state index in [2.05, 4.69) is 0 Å². The molecule has 4 rings (SSSR count). The van der Waals surface area contributed by atoms with Gasteiger partial charge in [-0.1, -0.05) is 6.07 Å². The van der Waals surface area contributed by atoms with Crippen LogP contribution in [0.4, 0.5) is 4.39 Å². The Labute approximate surface area is 165 Å². The second-order valence-corrected chi connectivity index (χ2v) is 7.12. The maximum Gasteiger partial charge on any atom is 0.165 e. The van der Waals surface area contributed by atoms with Crippen LogP contribution in [0.15, 0.2) is 60.7 Å². The number of thiophene rings is 1. The fourth-order valence-electron chi connectivity index (χ4n) is 2.90. The topological polar surface area (TPSA) is 47.9 Å². The molecule has 0 spiro atoms. The molecule has 1 aromatic heterocycles. The first-order valence-corrected chi connectivity index (χ1v) is 9.32. The summed E-state index contributed by atoms with van der Waals surface area (Å²) < 4.78 is 31.5. The van der Waals surface area contributed by atoms with Gasteiger partial charge in [0.15, 0.2) is 17.3 Å². The molecule has 0 unspecified atom stereocenters. The lowest BCUT2D eigenvalue weighted by Gasteiger charge is -2.10. The molecule has 1 heterocycles. The van der Waals surface area contributed by atoms with Crippen molar-refractivity contribution >= 4 is 21.4 Å². The van der Waals surface area contributed by atoms with Gasteiger partial charge in [0.1, 0.15) is 17.2 Å². The van der Waals surface area contributed by atoms with Gasteiger partial charge >= 0.3 is 0 Å². The van der Waals surface area contributed by atoms with Crippen molar-refractivity contribution in [3.63, 3.8) is 0 Å². The highest BCUT2D eigenvalue weighted by molar-refractivity contribution is 7.22. The molecule has 28 heavy (non-hydrogen) atoms. The van der Waals surface area contributed by atoms with Crippen LogP contribution >= 0.6 is 11.3 Å². The Bertz CT molecular complexity index is 1140. The minimum atomic E-state index is -0.421. The van der Waals surface area contributed by atoms with Gasteiger partial charge in [-0.25, -0.2) is 4.39 Å². The van der Waals surface area contributed by atoms with Crippen molar-refractivity contribution in [2.45, 2.75) is 0 Å². The van der Waals surface area contributed by atoms with Crippen molar-refractivity contribution in [3.05, 3.63) is 66.5 Å². The minimum absolute atomic E-state index is 0.163. The fraction of sp³-hybridized carbons (Fsp3) is 0.0909. The summed E-state index contributed by atoms with van der Waals surface area (Å²) in [6, 6.07) is 17.0. The average Bonchev–Trinajstić information content (AvgIpc) is 3.07. The lowest BCUT2D eigenvalue weighted by atomic mass is 10.1. The number of methoxy groups -OCH3 is 2. The van der Waals surface area contributed by atoms with Gasteiger partial charge in [-0.2, -0.15) is 0 Å². The number of phenols is 1. The predicted octanol–water partition coefficient (Wildman–Crippen LogP) is 6.22. The van der Waals surface area contributed by atoms with Crippen molar-refractivity contribution in [1.29, 1.82) is 0 Å². The van der Waals surface area contributed by atoms with Gasteiger partial charge in [0.25, 0.3) is 0 Å². The summed E-state index contributed by atoms with van der Waals surface area (Å²) in [4.78, 5) is 0.842. The zero-order chi connectivity index (χ0) is 19.7. The van der Waals surface area contributed by atoms with Crippen LogP contribution in [0.2, 0.25) is 0 Å². The third-order valence-electron chi connectivity index (χ3n) is 4.32. The number of rotatable bonds is 5. The normalized spacial score (nSPS) is 10.8. The van der Waals surface area contributed by atoms with Crippen LogP contribution in [0, 0.1) is 5.82 Å².